The molecule has 4 aromatic rings. The fraction of sp³-hybridized carbons (Fsp3) is 0.0714. The number of esters is 2. The summed E-state index contributed by atoms with van der Waals surface area (Å²) in [4.78, 5) is 24.0. The molecule has 0 atom stereocenters. The van der Waals surface area contributed by atoms with Gasteiger partial charge in [-0.2, -0.15) is 0 Å². The largest absolute Gasteiger partial charge is 0.465 e. The third kappa shape index (κ3) is 5.07. The number of para-hydroxylation sites is 2. The predicted molar refractivity (Wildman–Crippen MR) is 134 cm³/mol. The number of anilines is 4. The Balaban J connectivity index is 1.48. The van der Waals surface area contributed by atoms with Crippen LogP contribution in [0.2, 0.25) is 0 Å². The van der Waals surface area contributed by atoms with Crippen molar-refractivity contribution in [2.24, 2.45) is 0 Å². The Hall–Kier alpha value is -4.58. The third-order valence-electron chi connectivity index (χ3n) is 5.33. The summed E-state index contributed by atoms with van der Waals surface area (Å²) in [5, 5.41) is 6.55. The fourth-order valence-corrected chi connectivity index (χ4v) is 3.56. The topological polar surface area (TPSA) is 76.7 Å². The zero-order valence-corrected chi connectivity index (χ0v) is 18.9. The highest BCUT2D eigenvalue weighted by Gasteiger charge is 2.12. The Labute approximate surface area is 198 Å². The summed E-state index contributed by atoms with van der Waals surface area (Å²) in [5.74, 6) is -0.773. The van der Waals surface area contributed by atoms with E-state index in [1.54, 1.807) is 24.3 Å². The van der Waals surface area contributed by atoms with Crippen molar-refractivity contribution >= 4 is 34.7 Å². The molecule has 0 aliphatic rings. The first kappa shape index (κ1) is 22.6. The highest BCUT2D eigenvalue weighted by Crippen LogP contribution is 2.28. The normalized spacial score (nSPS) is 10.3. The monoisotopic (exact) mass is 452 g/mol. The van der Waals surface area contributed by atoms with Gasteiger partial charge in [-0.25, -0.2) is 9.59 Å². The van der Waals surface area contributed by atoms with Gasteiger partial charge in [0.05, 0.1) is 36.7 Å². The molecule has 34 heavy (non-hydrogen) atoms. The molecule has 0 radical (unpaired) electrons. The molecule has 0 saturated carbocycles. The number of ether oxygens (including phenoxy) is 2. The van der Waals surface area contributed by atoms with Crippen molar-refractivity contribution in [3.63, 3.8) is 0 Å². The van der Waals surface area contributed by atoms with E-state index in [0.29, 0.717) is 22.5 Å². The second-order valence-electron chi connectivity index (χ2n) is 7.48. The van der Waals surface area contributed by atoms with E-state index in [2.05, 4.69) is 10.6 Å². The number of nitrogens with one attached hydrogen (secondary N) is 2. The van der Waals surface area contributed by atoms with Crippen LogP contribution in [0.3, 0.4) is 0 Å². The van der Waals surface area contributed by atoms with E-state index in [1.807, 2.05) is 72.8 Å². The van der Waals surface area contributed by atoms with E-state index < -0.39 is 0 Å². The van der Waals surface area contributed by atoms with Crippen molar-refractivity contribution in [1.82, 2.24) is 0 Å². The average Bonchev–Trinajstić information content (AvgIpc) is 2.89. The van der Waals surface area contributed by atoms with E-state index in [4.69, 9.17) is 9.47 Å². The average molecular weight is 453 g/mol. The molecular weight excluding hydrogens is 428 g/mol. The number of benzene rings is 4. The van der Waals surface area contributed by atoms with E-state index in [9.17, 15) is 9.59 Å². The van der Waals surface area contributed by atoms with Crippen LogP contribution in [0, 0.1) is 0 Å². The molecule has 6 nitrogen and oxygen atoms in total. The van der Waals surface area contributed by atoms with E-state index in [0.717, 1.165) is 22.5 Å². The maximum absolute atomic E-state index is 12.0. The maximum atomic E-state index is 12.0. The van der Waals surface area contributed by atoms with Gasteiger partial charge in [0.25, 0.3) is 0 Å². The molecule has 0 fully saturated rings. The highest BCUT2D eigenvalue weighted by atomic mass is 16.5. The van der Waals surface area contributed by atoms with Gasteiger partial charge in [-0.3, -0.25) is 0 Å². The van der Waals surface area contributed by atoms with Crippen LogP contribution in [0.1, 0.15) is 20.7 Å². The number of carbonyl (C=O) groups excluding carboxylic acids is 2. The second kappa shape index (κ2) is 10.4. The summed E-state index contributed by atoms with van der Waals surface area (Å²) in [5.41, 5.74) is 6.14. The Morgan fingerprint density at radius 3 is 1.24 bits per heavy atom. The van der Waals surface area contributed by atoms with Crippen LogP contribution in [-0.4, -0.2) is 26.2 Å². The minimum Gasteiger partial charge on any atom is -0.465 e. The van der Waals surface area contributed by atoms with Crippen molar-refractivity contribution in [1.29, 1.82) is 0 Å². The summed E-state index contributed by atoms with van der Waals surface area (Å²) >= 11 is 0. The van der Waals surface area contributed by atoms with Crippen LogP contribution < -0.4 is 10.6 Å². The van der Waals surface area contributed by atoms with Crippen molar-refractivity contribution in [3.8, 4) is 11.1 Å². The lowest BCUT2D eigenvalue weighted by atomic mass is 10.0. The summed E-state index contributed by atoms with van der Waals surface area (Å²) in [6.45, 7) is 0. The Morgan fingerprint density at radius 2 is 0.882 bits per heavy atom. The number of rotatable bonds is 7. The van der Waals surface area contributed by atoms with Crippen molar-refractivity contribution < 1.29 is 19.1 Å². The van der Waals surface area contributed by atoms with Gasteiger partial charge in [-0.15, -0.1) is 0 Å². The van der Waals surface area contributed by atoms with Crippen LogP contribution in [0.15, 0.2) is 97.1 Å². The number of carbonyl (C=O) groups is 2. The lowest BCUT2D eigenvalue weighted by molar-refractivity contribution is 0.0593. The Kier molecular flexibility index (Phi) is 6.89. The van der Waals surface area contributed by atoms with Crippen LogP contribution >= 0.6 is 0 Å². The standard InChI is InChI=1S/C28H24N2O4/c1-33-27(31)23-7-3-5-9-25(23)29-21-15-11-19(12-16-21)20-13-17-22(18-14-20)30-26-10-6-4-8-24(26)28(32)34-2/h3-18,29-30H,1-2H3. The van der Waals surface area contributed by atoms with Gasteiger partial charge in [0.2, 0.25) is 0 Å². The van der Waals surface area contributed by atoms with Gasteiger partial charge in [0.15, 0.2) is 0 Å². The summed E-state index contributed by atoms with van der Waals surface area (Å²) in [6, 6.07) is 30.3. The van der Waals surface area contributed by atoms with Gasteiger partial charge in [0.1, 0.15) is 0 Å². The molecule has 0 unspecified atom stereocenters. The Morgan fingerprint density at radius 1 is 0.529 bits per heavy atom. The number of hydrogen-bond donors (Lipinski definition) is 2. The first-order valence-electron chi connectivity index (χ1n) is 10.7. The van der Waals surface area contributed by atoms with Crippen LogP contribution in [-0.2, 0) is 9.47 Å². The summed E-state index contributed by atoms with van der Waals surface area (Å²) in [6.07, 6.45) is 0. The highest BCUT2D eigenvalue weighted by molar-refractivity contribution is 5.97. The molecule has 0 amide bonds. The lowest BCUT2D eigenvalue weighted by Crippen LogP contribution is -2.05. The molecule has 170 valence electrons. The molecular formula is C28H24N2O4. The summed E-state index contributed by atoms with van der Waals surface area (Å²) in [7, 11) is 2.74. The van der Waals surface area contributed by atoms with Crippen LogP contribution in [0.25, 0.3) is 11.1 Å². The predicted octanol–water partition coefficient (Wildman–Crippen LogP) is 6.41. The minimum absolute atomic E-state index is 0.386. The molecule has 6 heteroatoms. The van der Waals surface area contributed by atoms with Gasteiger partial charge < -0.3 is 20.1 Å². The van der Waals surface area contributed by atoms with E-state index in [-0.39, 0.29) is 11.9 Å². The molecule has 0 spiro atoms. The van der Waals surface area contributed by atoms with Crippen molar-refractivity contribution in [3.05, 3.63) is 108 Å². The zero-order chi connectivity index (χ0) is 23.9. The fourth-order valence-electron chi connectivity index (χ4n) is 3.56. The van der Waals surface area contributed by atoms with Gasteiger partial charge >= 0.3 is 11.9 Å². The third-order valence-corrected chi connectivity index (χ3v) is 5.33. The smallest absolute Gasteiger partial charge is 0.339 e. The van der Waals surface area contributed by atoms with Crippen LogP contribution in [0.5, 0.6) is 0 Å². The molecule has 0 aliphatic heterocycles. The molecule has 0 saturated heterocycles. The molecule has 0 heterocycles. The minimum atomic E-state index is -0.386. The number of hydrogen-bond acceptors (Lipinski definition) is 6. The first-order chi connectivity index (χ1) is 16.6. The Bertz CT molecular complexity index is 1200. The molecule has 2 N–H and O–H groups in total. The zero-order valence-electron chi connectivity index (χ0n) is 18.9. The van der Waals surface area contributed by atoms with Gasteiger partial charge in [0, 0.05) is 11.4 Å². The van der Waals surface area contributed by atoms with Crippen molar-refractivity contribution in [2.45, 2.75) is 0 Å². The molecule has 4 aromatic carbocycles. The van der Waals surface area contributed by atoms with Crippen LogP contribution in [0.4, 0.5) is 22.7 Å². The van der Waals surface area contributed by atoms with Gasteiger partial charge in [-0.1, -0.05) is 48.5 Å². The molecule has 0 aliphatic carbocycles. The maximum Gasteiger partial charge on any atom is 0.339 e. The van der Waals surface area contributed by atoms with Gasteiger partial charge in [-0.05, 0) is 59.7 Å². The van der Waals surface area contributed by atoms with Crippen molar-refractivity contribution in [2.75, 3.05) is 24.9 Å². The van der Waals surface area contributed by atoms with E-state index in [1.165, 1.54) is 14.2 Å². The molecule has 0 bridgehead atoms. The second-order valence-corrected chi connectivity index (χ2v) is 7.48. The van der Waals surface area contributed by atoms with E-state index >= 15 is 0 Å². The first-order valence-corrected chi connectivity index (χ1v) is 10.7. The summed E-state index contributed by atoms with van der Waals surface area (Å²) < 4.78 is 9.71. The number of methoxy groups -OCH3 is 2. The quantitative estimate of drug-likeness (QED) is 0.315. The molecule has 0 aromatic heterocycles. The molecule has 4 rings (SSSR count). The SMILES string of the molecule is COC(=O)c1ccccc1Nc1ccc(-c2ccc(Nc3ccccc3C(=O)OC)cc2)cc1. The lowest BCUT2D eigenvalue weighted by Gasteiger charge is -2.12.